The van der Waals surface area contributed by atoms with Crippen LogP contribution >= 0.6 is 0 Å². The lowest BCUT2D eigenvalue weighted by Crippen LogP contribution is -2.56. The van der Waals surface area contributed by atoms with Crippen molar-refractivity contribution in [2.45, 2.75) is 56.3 Å². The lowest BCUT2D eigenvalue weighted by atomic mass is 9.52. The summed E-state index contributed by atoms with van der Waals surface area (Å²) >= 11 is 0. The summed E-state index contributed by atoms with van der Waals surface area (Å²) in [5, 5.41) is 18.9. The lowest BCUT2D eigenvalue weighted by molar-refractivity contribution is -0.225. The molecule has 1 saturated heterocycles. The molecule has 0 amide bonds. The summed E-state index contributed by atoms with van der Waals surface area (Å²) in [5.74, 6) is -1.28. The fourth-order valence-electron chi connectivity index (χ4n) is 4.05. The SMILES string of the molecule is O=C(O)CC1(O)CC2(CCC3(CC2)OCCO3)C1. The van der Waals surface area contributed by atoms with Gasteiger partial charge in [-0.1, -0.05) is 0 Å². The van der Waals surface area contributed by atoms with Crippen LogP contribution < -0.4 is 0 Å². The van der Waals surface area contributed by atoms with Crippen molar-refractivity contribution in [2.24, 2.45) is 5.41 Å². The van der Waals surface area contributed by atoms with Gasteiger partial charge in [0.25, 0.3) is 0 Å². The topological polar surface area (TPSA) is 76.0 Å². The monoisotopic (exact) mass is 256 g/mol. The Kier molecular flexibility index (Phi) is 2.70. The van der Waals surface area contributed by atoms with E-state index in [9.17, 15) is 9.90 Å². The Morgan fingerprint density at radius 2 is 1.61 bits per heavy atom. The van der Waals surface area contributed by atoms with Gasteiger partial charge in [-0.3, -0.25) is 4.79 Å². The van der Waals surface area contributed by atoms with E-state index in [0.29, 0.717) is 26.1 Å². The molecule has 2 saturated carbocycles. The second-order valence-electron chi connectivity index (χ2n) is 6.26. The highest BCUT2D eigenvalue weighted by Crippen LogP contribution is 2.60. The van der Waals surface area contributed by atoms with E-state index in [2.05, 4.69) is 0 Å². The predicted molar refractivity (Wildman–Crippen MR) is 62.0 cm³/mol. The molecular formula is C13H20O5. The largest absolute Gasteiger partial charge is 0.481 e. The van der Waals surface area contributed by atoms with Gasteiger partial charge in [-0.15, -0.1) is 0 Å². The molecule has 18 heavy (non-hydrogen) atoms. The Hall–Kier alpha value is -0.650. The fraction of sp³-hybridized carbons (Fsp3) is 0.923. The Morgan fingerprint density at radius 1 is 1.06 bits per heavy atom. The predicted octanol–water partition coefficient (Wildman–Crippen LogP) is 1.29. The van der Waals surface area contributed by atoms with Gasteiger partial charge in [0.15, 0.2) is 5.79 Å². The molecule has 0 aromatic heterocycles. The van der Waals surface area contributed by atoms with Crippen molar-refractivity contribution in [3.05, 3.63) is 0 Å². The maximum absolute atomic E-state index is 10.7. The van der Waals surface area contributed by atoms with Gasteiger partial charge >= 0.3 is 5.97 Å². The first kappa shape index (κ1) is 12.4. The number of aliphatic hydroxyl groups is 1. The molecule has 0 radical (unpaired) electrons. The number of hydrogen-bond acceptors (Lipinski definition) is 4. The highest BCUT2D eigenvalue weighted by atomic mass is 16.7. The first-order valence-electron chi connectivity index (χ1n) is 6.67. The minimum absolute atomic E-state index is 0.130. The van der Waals surface area contributed by atoms with Crippen molar-refractivity contribution in [3.63, 3.8) is 0 Å². The number of ether oxygens (including phenoxy) is 2. The summed E-state index contributed by atoms with van der Waals surface area (Å²) in [5.41, 5.74) is -0.849. The standard InChI is InChI=1S/C13H20O5/c14-10(15)7-12(16)8-11(9-12)1-3-13(4-2-11)17-5-6-18-13/h16H,1-9H2,(H,14,15). The number of carboxylic acid groups (broad SMARTS) is 1. The molecule has 0 atom stereocenters. The van der Waals surface area contributed by atoms with E-state index in [-0.39, 0.29) is 17.6 Å². The van der Waals surface area contributed by atoms with Crippen molar-refractivity contribution in [1.29, 1.82) is 0 Å². The van der Waals surface area contributed by atoms with Crippen LogP contribution in [0.3, 0.4) is 0 Å². The number of hydrogen-bond donors (Lipinski definition) is 2. The molecule has 0 bridgehead atoms. The van der Waals surface area contributed by atoms with Gasteiger partial charge in [-0.25, -0.2) is 0 Å². The second kappa shape index (κ2) is 3.92. The zero-order valence-electron chi connectivity index (χ0n) is 10.5. The van der Waals surface area contributed by atoms with Crippen LogP contribution in [0.2, 0.25) is 0 Å². The molecule has 102 valence electrons. The molecule has 0 aromatic carbocycles. The van der Waals surface area contributed by atoms with Crippen molar-refractivity contribution in [2.75, 3.05) is 13.2 Å². The maximum Gasteiger partial charge on any atom is 0.306 e. The molecule has 1 heterocycles. The van der Waals surface area contributed by atoms with Crippen LogP contribution in [0.1, 0.15) is 44.9 Å². The third kappa shape index (κ3) is 2.04. The Labute approximate surface area is 106 Å². The highest BCUT2D eigenvalue weighted by molar-refractivity contribution is 5.68. The average Bonchev–Trinajstić information content (AvgIpc) is 2.68. The van der Waals surface area contributed by atoms with E-state index in [1.165, 1.54) is 0 Å². The van der Waals surface area contributed by atoms with Gasteiger partial charge in [-0.2, -0.15) is 0 Å². The molecule has 1 aliphatic heterocycles. The Bertz CT molecular complexity index is 340. The summed E-state index contributed by atoms with van der Waals surface area (Å²) in [7, 11) is 0. The van der Waals surface area contributed by atoms with Crippen molar-refractivity contribution >= 4 is 5.97 Å². The van der Waals surface area contributed by atoms with Crippen molar-refractivity contribution in [1.82, 2.24) is 0 Å². The van der Waals surface area contributed by atoms with Gasteiger partial charge in [0.1, 0.15) is 0 Å². The van der Waals surface area contributed by atoms with Gasteiger partial charge in [0, 0.05) is 12.8 Å². The Balaban J connectivity index is 1.56. The number of aliphatic carboxylic acids is 1. The molecular weight excluding hydrogens is 236 g/mol. The van der Waals surface area contributed by atoms with Crippen LogP contribution in [0.5, 0.6) is 0 Å². The summed E-state index contributed by atoms with van der Waals surface area (Å²) in [6.45, 7) is 1.35. The average molecular weight is 256 g/mol. The molecule has 3 fully saturated rings. The van der Waals surface area contributed by atoms with Gasteiger partial charge in [0.05, 0.1) is 25.2 Å². The van der Waals surface area contributed by atoms with Crippen molar-refractivity contribution < 1.29 is 24.5 Å². The minimum Gasteiger partial charge on any atom is -0.481 e. The molecule has 0 aromatic rings. The van der Waals surface area contributed by atoms with Crippen LogP contribution in [0.4, 0.5) is 0 Å². The molecule has 2 aliphatic carbocycles. The normalized spacial score (nSPS) is 31.4. The number of carboxylic acids is 1. The van der Waals surface area contributed by atoms with Crippen molar-refractivity contribution in [3.8, 4) is 0 Å². The number of rotatable bonds is 2. The quantitative estimate of drug-likeness (QED) is 0.778. The van der Waals surface area contributed by atoms with E-state index in [1.807, 2.05) is 0 Å². The molecule has 3 rings (SSSR count). The van der Waals surface area contributed by atoms with E-state index < -0.39 is 11.6 Å². The third-order valence-corrected chi connectivity index (χ3v) is 4.77. The second-order valence-corrected chi connectivity index (χ2v) is 6.26. The first-order valence-corrected chi connectivity index (χ1v) is 6.67. The summed E-state index contributed by atoms with van der Waals surface area (Å²) < 4.78 is 11.4. The van der Waals surface area contributed by atoms with Crippen LogP contribution in [0.15, 0.2) is 0 Å². The smallest absolute Gasteiger partial charge is 0.306 e. The zero-order chi connectivity index (χ0) is 12.9. The van der Waals surface area contributed by atoms with Crippen LogP contribution in [0.25, 0.3) is 0 Å². The fourth-order valence-corrected chi connectivity index (χ4v) is 4.05. The van der Waals surface area contributed by atoms with Gasteiger partial charge in [0.2, 0.25) is 0 Å². The van der Waals surface area contributed by atoms with Crippen LogP contribution in [-0.2, 0) is 14.3 Å². The zero-order valence-corrected chi connectivity index (χ0v) is 10.5. The molecule has 2 spiro atoms. The minimum atomic E-state index is -0.978. The molecule has 0 unspecified atom stereocenters. The van der Waals surface area contributed by atoms with E-state index >= 15 is 0 Å². The first-order chi connectivity index (χ1) is 8.45. The van der Waals surface area contributed by atoms with Crippen LogP contribution in [0, 0.1) is 5.41 Å². The lowest BCUT2D eigenvalue weighted by Gasteiger charge is -2.57. The maximum atomic E-state index is 10.7. The van der Waals surface area contributed by atoms with E-state index in [1.54, 1.807) is 0 Å². The van der Waals surface area contributed by atoms with Gasteiger partial charge < -0.3 is 19.7 Å². The third-order valence-electron chi connectivity index (χ3n) is 4.77. The molecule has 5 heteroatoms. The van der Waals surface area contributed by atoms with Gasteiger partial charge in [-0.05, 0) is 31.1 Å². The Morgan fingerprint density at radius 3 is 2.11 bits per heavy atom. The van der Waals surface area contributed by atoms with Crippen LogP contribution in [-0.4, -0.2) is 40.8 Å². The van der Waals surface area contributed by atoms with E-state index in [0.717, 1.165) is 25.7 Å². The summed E-state index contributed by atoms with van der Waals surface area (Å²) in [6.07, 6.45) is 4.77. The summed E-state index contributed by atoms with van der Waals surface area (Å²) in [4.78, 5) is 10.7. The number of carbonyl (C=O) groups is 1. The highest BCUT2D eigenvalue weighted by Gasteiger charge is 2.57. The summed E-state index contributed by atoms with van der Waals surface area (Å²) in [6, 6.07) is 0. The molecule has 3 aliphatic rings. The van der Waals surface area contributed by atoms with E-state index in [4.69, 9.17) is 14.6 Å². The molecule has 5 nitrogen and oxygen atoms in total. The molecule has 2 N–H and O–H groups in total.